The molecule has 106 valence electrons. The van der Waals surface area contributed by atoms with Crippen molar-refractivity contribution in [1.29, 1.82) is 0 Å². The molecule has 1 aromatic carbocycles. The van der Waals surface area contributed by atoms with Crippen molar-refractivity contribution in [3.63, 3.8) is 0 Å². The topological polar surface area (TPSA) is 66.4 Å². The van der Waals surface area contributed by atoms with E-state index >= 15 is 0 Å². The van der Waals surface area contributed by atoms with E-state index in [0.29, 0.717) is 9.90 Å². The number of halogens is 1. The van der Waals surface area contributed by atoms with Gasteiger partial charge in [0.25, 0.3) is 5.91 Å². The molecule has 4 nitrogen and oxygen atoms in total. The highest BCUT2D eigenvalue weighted by Crippen LogP contribution is 2.31. The van der Waals surface area contributed by atoms with E-state index in [1.807, 2.05) is 11.4 Å². The van der Waals surface area contributed by atoms with Gasteiger partial charge in [0.1, 0.15) is 0 Å². The van der Waals surface area contributed by atoms with Gasteiger partial charge in [-0.2, -0.15) is 0 Å². The Labute approximate surface area is 132 Å². The highest BCUT2D eigenvalue weighted by molar-refractivity contribution is 7.27. The largest absolute Gasteiger partial charge is 0.478 e. The fourth-order valence-corrected chi connectivity index (χ4v) is 4.04. The van der Waals surface area contributed by atoms with Gasteiger partial charge in [-0.3, -0.25) is 4.79 Å². The van der Waals surface area contributed by atoms with Gasteiger partial charge in [-0.1, -0.05) is 11.6 Å². The summed E-state index contributed by atoms with van der Waals surface area (Å²) in [5.41, 5.74) is 0.197. The van der Waals surface area contributed by atoms with Crippen LogP contribution >= 0.6 is 34.3 Å². The quantitative estimate of drug-likeness (QED) is 0.735. The average molecular weight is 338 g/mol. The minimum absolute atomic E-state index is 0.00566. The number of hydrogen-bond acceptors (Lipinski definition) is 4. The monoisotopic (exact) mass is 337 g/mol. The third-order valence-electron chi connectivity index (χ3n) is 2.82. The van der Waals surface area contributed by atoms with Crippen molar-refractivity contribution in [2.45, 2.75) is 0 Å². The van der Waals surface area contributed by atoms with E-state index in [-0.39, 0.29) is 17.2 Å². The second kappa shape index (κ2) is 5.48. The van der Waals surface area contributed by atoms with Gasteiger partial charge < -0.3 is 10.4 Å². The number of carbonyl (C=O) groups is 2. The van der Waals surface area contributed by atoms with Gasteiger partial charge in [-0.25, -0.2) is 4.79 Å². The molecule has 2 N–H and O–H groups in total. The lowest BCUT2D eigenvalue weighted by molar-refractivity contribution is 0.0698. The zero-order chi connectivity index (χ0) is 15.0. The van der Waals surface area contributed by atoms with E-state index in [4.69, 9.17) is 16.7 Å². The van der Waals surface area contributed by atoms with Crippen LogP contribution in [0.3, 0.4) is 0 Å². The number of aromatic carboxylic acids is 1. The third kappa shape index (κ3) is 2.78. The molecule has 3 rings (SSSR count). The number of benzene rings is 1. The van der Waals surface area contributed by atoms with E-state index in [2.05, 4.69) is 5.32 Å². The molecule has 0 fully saturated rings. The molecule has 0 unspecified atom stereocenters. The summed E-state index contributed by atoms with van der Waals surface area (Å²) in [6, 6.07) is 8.02. The Hall–Kier alpha value is -1.89. The van der Waals surface area contributed by atoms with Crippen molar-refractivity contribution in [1.82, 2.24) is 0 Å². The summed E-state index contributed by atoms with van der Waals surface area (Å²) in [7, 11) is 0. The summed E-state index contributed by atoms with van der Waals surface area (Å²) < 4.78 is 2.07. The van der Waals surface area contributed by atoms with E-state index in [0.717, 1.165) is 9.40 Å². The Balaban J connectivity index is 1.92. The van der Waals surface area contributed by atoms with Gasteiger partial charge in [0.15, 0.2) is 0 Å². The van der Waals surface area contributed by atoms with Gasteiger partial charge in [-0.05, 0) is 35.7 Å². The Morgan fingerprint density at radius 2 is 1.95 bits per heavy atom. The molecule has 0 aliphatic rings. The highest BCUT2D eigenvalue weighted by atomic mass is 35.5. The van der Waals surface area contributed by atoms with Crippen molar-refractivity contribution in [2.24, 2.45) is 0 Å². The highest BCUT2D eigenvalue weighted by Gasteiger charge is 2.16. The summed E-state index contributed by atoms with van der Waals surface area (Å²) in [5.74, 6) is -1.46. The molecule has 0 atom stereocenters. The van der Waals surface area contributed by atoms with Crippen LogP contribution in [0.25, 0.3) is 9.40 Å². The molecule has 0 radical (unpaired) electrons. The van der Waals surface area contributed by atoms with Crippen LogP contribution in [-0.4, -0.2) is 17.0 Å². The van der Waals surface area contributed by atoms with Crippen LogP contribution in [0.5, 0.6) is 0 Å². The number of amides is 1. The maximum absolute atomic E-state index is 12.2. The lowest BCUT2D eigenvalue weighted by atomic mass is 10.2. The number of nitrogens with one attached hydrogen (secondary N) is 1. The van der Waals surface area contributed by atoms with Crippen LogP contribution in [0.2, 0.25) is 5.02 Å². The van der Waals surface area contributed by atoms with Crippen LogP contribution in [0.1, 0.15) is 20.0 Å². The fourth-order valence-electron chi connectivity index (χ4n) is 1.87. The molecule has 21 heavy (non-hydrogen) atoms. The first-order valence-corrected chi connectivity index (χ1v) is 7.93. The fraction of sp³-hybridized carbons (Fsp3) is 0. The van der Waals surface area contributed by atoms with Crippen LogP contribution in [0.4, 0.5) is 5.69 Å². The number of carboxylic acids is 1. The molecule has 0 aliphatic carbocycles. The second-order valence-electron chi connectivity index (χ2n) is 4.21. The Morgan fingerprint density at radius 3 is 2.67 bits per heavy atom. The van der Waals surface area contributed by atoms with Gasteiger partial charge in [-0.15, -0.1) is 22.7 Å². The number of thiophene rings is 2. The molecule has 2 heterocycles. The lowest BCUT2D eigenvalue weighted by Crippen LogP contribution is -2.13. The van der Waals surface area contributed by atoms with Gasteiger partial charge in [0.05, 0.1) is 16.1 Å². The van der Waals surface area contributed by atoms with Crippen LogP contribution < -0.4 is 5.32 Å². The van der Waals surface area contributed by atoms with E-state index in [1.165, 1.54) is 29.5 Å². The summed E-state index contributed by atoms with van der Waals surface area (Å²) in [6.45, 7) is 0. The molecule has 0 saturated carbocycles. The zero-order valence-corrected chi connectivity index (χ0v) is 12.8. The molecule has 1 amide bonds. The Kier molecular flexibility index (Phi) is 3.67. The van der Waals surface area contributed by atoms with Crippen LogP contribution in [0.15, 0.2) is 35.7 Å². The van der Waals surface area contributed by atoms with Gasteiger partial charge >= 0.3 is 5.97 Å². The van der Waals surface area contributed by atoms with Crippen molar-refractivity contribution in [3.8, 4) is 0 Å². The smallest absolute Gasteiger partial charge is 0.337 e. The molecule has 0 saturated heterocycles. The van der Waals surface area contributed by atoms with Gasteiger partial charge in [0, 0.05) is 14.4 Å². The van der Waals surface area contributed by atoms with Crippen molar-refractivity contribution in [2.75, 3.05) is 5.32 Å². The first kappa shape index (κ1) is 14.1. The minimum Gasteiger partial charge on any atom is -0.478 e. The molecule has 0 aliphatic heterocycles. The number of fused-ring (bicyclic) bond motifs is 1. The third-order valence-corrected chi connectivity index (χ3v) is 5.15. The molecule has 0 bridgehead atoms. The normalized spacial score (nSPS) is 10.7. The number of carbonyl (C=O) groups excluding carboxylic acids is 1. The Morgan fingerprint density at radius 1 is 1.14 bits per heavy atom. The number of anilines is 1. The van der Waals surface area contributed by atoms with E-state index in [1.54, 1.807) is 17.4 Å². The van der Waals surface area contributed by atoms with Gasteiger partial charge in [0.2, 0.25) is 0 Å². The van der Waals surface area contributed by atoms with Crippen molar-refractivity contribution in [3.05, 3.63) is 51.2 Å². The van der Waals surface area contributed by atoms with E-state index < -0.39 is 5.97 Å². The predicted octanol–water partition coefficient (Wildman–Crippen LogP) is 4.57. The maximum Gasteiger partial charge on any atom is 0.337 e. The minimum atomic E-state index is -1.12. The number of hydrogen-bond donors (Lipinski definition) is 2. The van der Waals surface area contributed by atoms with Crippen molar-refractivity contribution >= 4 is 61.2 Å². The molecule has 2 aromatic heterocycles. The summed E-state index contributed by atoms with van der Waals surface area (Å²) >= 11 is 8.78. The van der Waals surface area contributed by atoms with Crippen LogP contribution in [0, 0.1) is 0 Å². The summed E-state index contributed by atoms with van der Waals surface area (Å²) in [4.78, 5) is 23.9. The Bertz CT molecular complexity index is 824. The first-order valence-electron chi connectivity index (χ1n) is 5.86. The van der Waals surface area contributed by atoms with Crippen LogP contribution in [-0.2, 0) is 0 Å². The number of carboxylic acid groups (broad SMARTS) is 1. The predicted molar refractivity (Wildman–Crippen MR) is 86.1 cm³/mol. The van der Waals surface area contributed by atoms with E-state index in [9.17, 15) is 9.59 Å². The number of rotatable bonds is 3. The first-order chi connectivity index (χ1) is 10.0. The average Bonchev–Trinajstić information content (AvgIpc) is 2.98. The maximum atomic E-state index is 12.2. The molecule has 0 spiro atoms. The SMILES string of the molecule is O=C(Nc1cc(Cl)ccc1C(=O)O)c1cc2sccc2s1. The standard InChI is InChI=1S/C14H8ClNO3S2/c15-7-1-2-8(14(18)19)9(5-7)16-13(17)12-6-11-10(21-12)3-4-20-11/h1-6H,(H,16,17)(H,18,19). The summed E-state index contributed by atoms with van der Waals surface area (Å²) in [6.07, 6.45) is 0. The second-order valence-corrected chi connectivity index (χ2v) is 6.68. The molecular formula is C14H8ClNO3S2. The summed E-state index contributed by atoms with van der Waals surface area (Å²) in [5, 5.41) is 14.1. The molecule has 7 heteroatoms. The molecule has 3 aromatic rings. The lowest BCUT2D eigenvalue weighted by Gasteiger charge is -2.07. The zero-order valence-electron chi connectivity index (χ0n) is 10.4. The van der Waals surface area contributed by atoms with Crippen molar-refractivity contribution < 1.29 is 14.7 Å². The molecular weight excluding hydrogens is 330 g/mol.